The number of carbonyl (C=O) groups excluding carboxylic acids is 1. The average molecular weight is 450 g/mol. The van der Waals surface area contributed by atoms with Gasteiger partial charge in [-0.15, -0.1) is 0 Å². The van der Waals surface area contributed by atoms with E-state index < -0.39 is 49.6 Å². The molecule has 2 aromatic carbocycles. The zero-order valence-corrected chi connectivity index (χ0v) is 17.2. The van der Waals surface area contributed by atoms with Gasteiger partial charge in [-0.1, -0.05) is 18.2 Å². The molecule has 0 radical (unpaired) electrons. The average Bonchev–Trinajstić information content (AvgIpc) is 2.70. The minimum absolute atomic E-state index is 0.0747. The van der Waals surface area contributed by atoms with Gasteiger partial charge in [0.05, 0.1) is 18.4 Å². The number of hydrogen-bond acceptors (Lipinski definition) is 7. The van der Waals surface area contributed by atoms with Crippen molar-refractivity contribution in [3.05, 3.63) is 81.8 Å². The van der Waals surface area contributed by atoms with Crippen molar-refractivity contribution in [1.82, 2.24) is 9.78 Å². The second-order valence-electron chi connectivity index (χ2n) is 6.23. The summed E-state index contributed by atoms with van der Waals surface area (Å²) in [5.41, 5.74) is -0.476. The van der Waals surface area contributed by atoms with Crippen LogP contribution in [0.5, 0.6) is 5.75 Å². The van der Waals surface area contributed by atoms with Gasteiger partial charge in [-0.25, -0.2) is 13.6 Å². The zero-order valence-electron chi connectivity index (χ0n) is 16.3. The standard InChI is InChI=1S/C20H16F2N2O6S/c1-3-29-20(26)19-16(30-31(27,28)17-10-13(21)8-9-14(17)22)11-18(25)24(23-19)15-7-5-4-6-12(15)2/h4-11H,3H2,1-2H3. The molecule has 0 aliphatic carbocycles. The molecule has 0 unspecified atom stereocenters. The highest BCUT2D eigenvalue weighted by molar-refractivity contribution is 7.87. The van der Waals surface area contributed by atoms with Gasteiger partial charge in [0.15, 0.2) is 5.75 Å². The van der Waals surface area contributed by atoms with Gasteiger partial charge >= 0.3 is 16.1 Å². The molecule has 162 valence electrons. The fourth-order valence-electron chi connectivity index (χ4n) is 2.65. The maximum atomic E-state index is 14.0. The molecule has 11 heteroatoms. The number of carbonyl (C=O) groups is 1. The van der Waals surface area contributed by atoms with Crippen LogP contribution in [-0.4, -0.2) is 30.8 Å². The van der Waals surface area contributed by atoms with Gasteiger partial charge < -0.3 is 8.92 Å². The van der Waals surface area contributed by atoms with E-state index in [1.165, 1.54) is 6.92 Å². The molecule has 0 saturated heterocycles. The number of aromatic nitrogens is 2. The van der Waals surface area contributed by atoms with E-state index in [9.17, 15) is 26.8 Å². The van der Waals surface area contributed by atoms with E-state index in [1.54, 1.807) is 31.2 Å². The van der Waals surface area contributed by atoms with Crippen LogP contribution in [0.4, 0.5) is 8.78 Å². The van der Waals surface area contributed by atoms with Crippen LogP contribution in [0.25, 0.3) is 5.69 Å². The Balaban J connectivity index is 2.17. The summed E-state index contributed by atoms with van der Waals surface area (Å²) >= 11 is 0. The maximum absolute atomic E-state index is 14.0. The molecule has 3 rings (SSSR count). The third kappa shape index (κ3) is 4.61. The zero-order chi connectivity index (χ0) is 22.8. The van der Waals surface area contributed by atoms with Gasteiger partial charge in [0, 0.05) is 0 Å². The number of nitrogens with zero attached hydrogens (tertiary/aromatic N) is 2. The van der Waals surface area contributed by atoms with Crippen molar-refractivity contribution < 1.29 is 30.9 Å². The van der Waals surface area contributed by atoms with Crippen molar-refractivity contribution in [3.63, 3.8) is 0 Å². The number of aryl methyl sites for hydroxylation is 1. The molecule has 1 aromatic heterocycles. The first-order chi connectivity index (χ1) is 14.6. The Morgan fingerprint density at radius 3 is 2.52 bits per heavy atom. The molecule has 0 fully saturated rings. The molecule has 0 atom stereocenters. The van der Waals surface area contributed by atoms with E-state index in [4.69, 9.17) is 8.92 Å². The Hall–Kier alpha value is -3.60. The Morgan fingerprint density at radius 2 is 1.84 bits per heavy atom. The quantitative estimate of drug-likeness (QED) is 0.420. The first kappa shape index (κ1) is 22.1. The summed E-state index contributed by atoms with van der Waals surface area (Å²) in [6.07, 6.45) is 0. The summed E-state index contributed by atoms with van der Waals surface area (Å²) in [6, 6.07) is 9.09. The summed E-state index contributed by atoms with van der Waals surface area (Å²) in [6.45, 7) is 3.14. The molecular formula is C20H16F2N2O6S. The lowest BCUT2D eigenvalue weighted by atomic mass is 10.2. The van der Waals surface area contributed by atoms with Crippen molar-refractivity contribution in [3.8, 4) is 11.4 Å². The predicted octanol–water partition coefficient (Wildman–Crippen LogP) is 2.76. The molecule has 0 bridgehead atoms. The van der Waals surface area contributed by atoms with E-state index in [0.29, 0.717) is 29.4 Å². The van der Waals surface area contributed by atoms with Gasteiger partial charge in [-0.05, 0) is 43.7 Å². The lowest BCUT2D eigenvalue weighted by Gasteiger charge is -2.13. The number of esters is 1. The minimum Gasteiger partial charge on any atom is -0.461 e. The van der Waals surface area contributed by atoms with Crippen LogP contribution >= 0.6 is 0 Å². The molecule has 8 nitrogen and oxygen atoms in total. The fraction of sp³-hybridized carbons (Fsp3) is 0.150. The van der Waals surface area contributed by atoms with Crippen molar-refractivity contribution in [2.45, 2.75) is 18.7 Å². The van der Waals surface area contributed by atoms with Crippen molar-refractivity contribution >= 4 is 16.1 Å². The second kappa shape index (κ2) is 8.64. The SMILES string of the molecule is CCOC(=O)c1nn(-c2ccccc2C)c(=O)cc1OS(=O)(=O)c1cc(F)ccc1F. The van der Waals surface area contributed by atoms with E-state index in [1.807, 2.05) is 0 Å². The smallest absolute Gasteiger partial charge is 0.362 e. The number of halogens is 2. The van der Waals surface area contributed by atoms with Gasteiger partial charge in [0.1, 0.15) is 16.5 Å². The highest BCUT2D eigenvalue weighted by Gasteiger charge is 2.28. The summed E-state index contributed by atoms with van der Waals surface area (Å²) in [7, 11) is -4.95. The lowest BCUT2D eigenvalue weighted by Crippen LogP contribution is -2.26. The molecule has 0 amide bonds. The first-order valence-electron chi connectivity index (χ1n) is 8.91. The Bertz CT molecular complexity index is 1320. The third-order valence-electron chi connectivity index (χ3n) is 4.07. The van der Waals surface area contributed by atoms with Gasteiger partial charge in [-0.2, -0.15) is 18.2 Å². The predicted molar refractivity (Wildman–Crippen MR) is 105 cm³/mol. The lowest BCUT2D eigenvalue weighted by molar-refractivity contribution is 0.0515. The number of benzene rings is 2. The minimum atomic E-state index is -4.95. The Morgan fingerprint density at radius 1 is 1.13 bits per heavy atom. The van der Waals surface area contributed by atoms with E-state index >= 15 is 0 Å². The van der Waals surface area contributed by atoms with Crippen molar-refractivity contribution in [2.75, 3.05) is 6.61 Å². The molecule has 0 spiro atoms. The fourth-order valence-corrected chi connectivity index (χ4v) is 3.67. The Kier molecular flexibility index (Phi) is 6.16. The van der Waals surface area contributed by atoms with Crippen LogP contribution in [0, 0.1) is 18.6 Å². The summed E-state index contributed by atoms with van der Waals surface area (Å²) in [5, 5.41) is 3.91. The molecule has 31 heavy (non-hydrogen) atoms. The maximum Gasteiger partial charge on any atom is 0.362 e. The van der Waals surface area contributed by atoms with E-state index in [0.717, 1.165) is 10.7 Å². The highest BCUT2D eigenvalue weighted by Crippen LogP contribution is 2.24. The molecule has 0 N–H and O–H groups in total. The van der Waals surface area contributed by atoms with Crippen LogP contribution in [0.3, 0.4) is 0 Å². The van der Waals surface area contributed by atoms with Gasteiger partial charge in [0.2, 0.25) is 5.69 Å². The van der Waals surface area contributed by atoms with Crippen molar-refractivity contribution in [1.29, 1.82) is 0 Å². The van der Waals surface area contributed by atoms with E-state index in [2.05, 4.69) is 5.10 Å². The molecular weight excluding hydrogens is 434 g/mol. The Labute approximate surface area is 175 Å². The number of hydrogen-bond donors (Lipinski definition) is 0. The van der Waals surface area contributed by atoms with Crippen LogP contribution in [-0.2, 0) is 14.9 Å². The normalized spacial score (nSPS) is 11.2. The largest absolute Gasteiger partial charge is 0.461 e. The van der Waals surface area contributed by atoms with Crippen LogP contribution < -0.4 is 9.74 Å². The molecule has 0 aliphatic rings. The topological polar surface area (TPSA) is 105 Å². The number of rotatable bonds is 6. The van der Waals surface area contributed by atoms with Crippen LogP contribution in [0.1, 0.15) is 23.0 Å². The third-order valence-corrected chi connectivity index (χ3v) is 5.32. The molecule has 3 aromatic rings. The summed E-state index contributed by atoms with van der Waals surface area (Å²) in [4.78, 5) is 23.9. The summed E-state index contributed by atoms with van der Waals surface area (Å²) < 4.78 is 63.0. The summed E-state index contributed by atoms with van der Waals surface area (Å²) in [5.74, 6) is -4.16. The van der Waals surface area contributed by atoms with Crippen LogP contribution in [0.15, 0.2) is 58.2 Å². The molecule has 0 saturated carbocycles. The number of para-hydroxylation sites is 1. The number of ether oxygens (including phenoxy) is 1. The van der Waals surface area contributed by atoms with Gasteiger partial charge in [-0.3, -0.25) is 4.79 Å². The van der Waals surface area contributed by atoms with Gasteiger partial charge in [0.25, 0.3) is 5.56 Å². The van der Waals surface area contributed by atoms with Crippen LogP contribution in [0.2, 0.25) is 0 Å². The van der Waals surface area contributed by atoms with E-state index in [-0.39, 0.29) is 6.61 Å². The molecule has 1 heterocycles. The second-order valence-corrected chi connectivity index (χ2v) is 7.74. The highest BCUT2D eigenvalue weighted by atomic mass is 32.2. The first-order valence-corrected chi connectivity index (χ1v) is 10.3. The van der Waals surface area contributed by atoms with Crippen molar-refractivity contribution in [2.24, 2.45) is 0 Å². The monoisotopic (exact) mass is 450 g/mol. The molecule has 0 aliphatic heterocycles.